The molecule has 0 spiro atoms. The van der Waals surface area contributed by atoms with Gasteiger partial charge in [0.05, 0.1) is 23.9 Å². The van der Waals surface area contributed by atoms with E-state index in [2.05, 4.69) is 17.2 Å². The first-order valence-electron chi connectivity index (χ1n) is 8.48. The van der Waals surface area contributed by atoms with Gasteiger partial charge in [0.2, 0.25) is 0 Å². The molecule has 0 bridgehead atoms. The number of rotatable bonds is 2. The van der Waals surface area contributed by atoms with Gasteiger partial charge in [-0.2, -0.15) is 0 Å². The van der Waals surface area contributed by atoms with Gasteiger partial charge in [0, 0.05) is 4.88 Å². The number of hydrogen-bond donors (Lipinski definition) is 2. The summed E-state index contributed by atoms with van der Waals surface area (Å²) in [5.41, 5.74) is 0.441. The molecule has 0 saturated carbocycles. The fraction of sp³-hybridized carbons (Fsp3) is 0.647. The van der Waals surface area contributed by atoms with Crippen LogP contribution in [0.2, 0.25) is 0 Å². The molecule has 1 aliphatic heterocycles. The largest absolute Gasteiger partial charge is 0.388 e. The Hall–Kier alpha value is -1.24. The summed E-state index contributed by atoms with van der Waals surface area (Å²) < 4.78 is 1.62. The van der Waals surface area contributed by atoms with Crippen molar-refractivity contribution in [3.63, 3.8) is 0 Å². The molecule has 2 aromatic heterocycles. The van der Waals surface area contributed by atoms with Crippen LogP contribution in [0.1, 0.15) is 36.6 Å². The van der Waals surface area contributed by atoms with E-state index in [1.165, 1.54) is 10.4 Å². The predicted octanol–water partition coefficient (Wildman–Crippen LogP) is 1.70. The number of aliphatic hydroxyl groups is 1. The van der Waals surface area contributed by atoms with E-state index in [4.69, 9.17) is 0 Å². The van der Waals surface area contributed by atoms with Gasteiger partial charge in [-0.05, 0) is 56.7 Å². The third kappa shape index (κ3) is 2.73. The van der Waals surface area contributed by atoms with E-state index in [0.29, 0.717) is 25.3 Å². The molecule has 124 valence electrons. The van der Waals surface area contributed by atoms with Crippen LogP contribution in [0.5, 0.6) is 0 Å². The highest BCUT2D eigenvalue weighted by Crippen LogP contribution is 2.35. The summed E-state index contributed by atoms with van der Waals surface area (Å²) in [4.78, 5) is 19.7. The molecular formula is C17H23N3O2S. The highest BCUT2D eigenvalue weighted by molar-refractivity contribution is 7.18. The molecule has 1 fully saturated rings. The summed E-state index contributed by atoms with van der Waals surface area (Å²) in [5.74, 6) is 0.688. The van der Waals surface area contributed by atoms with E-state index in [-0.39, 0.29) is 5.56 Å². The minimum absolute atomic E-state index is 0.0222. The van der Waals surface area contributed by atoms with Gasteiger partial charge in [-0.3, -0.25) is 9.36 Å². The van der Waals surface area contributed by atoms with Crippen LogP contribution in [0.15, 0.2) is 11.1 Å². The molecule has 0 aromatic carbocycles. The van der Waals surface area contributed by atoms with E-state index in [0.717, 1.165) is 42.6 Å². The van der Waals surface area contributed by atoms with Crippen molar-refractivity contribution >= 4 is 21.6 Å². The SMILES string of the molecule is CC1CCc2c(sc3ncn(CC4(O)CCNCC4)c(=O)c23)C1. The molecule has 3 heterocycles. The highest BCUT2D eigenvalue weighted by Gasteiger charge is 2.31. The molecule has 2 aromatic rings. The molecule has 1 aliphatic carbocycles. The third-order valence-electron chi connectivity index (χ3n) is 5.28. The van der Waals surface area contributed by atoms with E-state index in [1.807, 2.05) is 0 Å². The highest BCUT2D eigenvalue weighted by atomic mass is 32.1. The Morgan fingerprint density at radius 1 is 1.48 bits per heavy atom. The van der Waals surface area contributed by atoms with Crippen LogP contribution < -0.4 is 10.9 Å². The van der Waals surface area contributed by atoms with Gasteiger partial charge < -0.3 is 10.4 Å². The Morgan fingerprint density at radius 3 is 3.04 bits per heavy atom. The first-order valence-corrected chi connectivity index (χ1v) is 9.30. The van der Waals surface area contributed by atoms with Crippen molar-refractivity contribution in [2.75, 3.05) is 13.1 Å². The molecule has 1 atom stereocenters. The van der Waals surface area contributed by atoms with Gasteiger partial charge in [-0.25, -0.2) is 4.98 Å². The molecular weight excluding hydrogens is 310 g/mol. The van der Waals surface area contributed by atoms with E-state index >= 15 is 0 Å². The monoisotopic (exact) mass is 333 g/mol. The molecule has 0 radical (unpaired) electrons. The van der Waals surface area contributed by atoms with Gasteiger partial charge in [-0.15, -0.1) is 11.3 Å². The quantitative estimate of drug-likeness (QED) is 0.878. The molecule has 2 aliphatic rings. The number of thiophene rings is 1. The average Bonchev–Trinajstić information content (AvgIpc) is 2.89. The lowest BCUT2D eigenvalue weighted by molar-refractivity contribution is -0.00627. The zero-order chi connectivity index (χ0) is 16.0. The molecule has 1 unspecified atom stereocenters. The van der Waals surface area contributed by atoms with Crippen molar-refractivity contribution in [3.8, 4) is 0 Å². The minimum Gasteiger partial charge on any atom is -0.388 e. The summed E-state index contributed by atoms with van der Waals surface area (Å²) in [6.07, 6.45) is 6.16. The van der Waals surface area contributed by atoms with Gasteiger partial charge in [0.1, 0.15) is 4.83 Å². The van der Waals surface area contributed by atoms with E-state index < -0.39 is 5.60 Å². The Balaban J connectivity index is 1.74. The van der Waals surface area contributed by atoms with Crippen molar-refractivity contribution in [1.29, 1.82) is 0 Å². The summed E-state index contributed by atoms with van der Waals surface area (Å²) in [5, 5.41) is 14.8. The van der Waals surface area contributed by atoms with Crippen molar-refractivity contribution in [1.82, 2.24) is 14.9 Å². The molecule has 23 heavy (non-hydrogen) atoms. The summed E-state index contributed by atoms with van der Waals surface area (Å²) in [7, 11) is 0. The topological polar surface area (TPSA) is 67.2 Å². The second-order valence-corrected chi connectivity index (χ2v) is 8.27. The third-order valence-corrected chi connectivity index (χ3v) is 6.44. The number of aromatic nitrogens is 2. The van der Waals surface area contributed by atoms with Crippen molar-refractivity contribution in [3.05, 3.63) is 27.1 Å². The molecule has 2 N–H and O–H groups in total. The number of nitrogens with zero attached hydrogens (tertiary/aromatic N) is 2. The van der Waals surface area contributed by atoms with Gasteiger partial charge in [0.15, 0.2) is 0 Å². The summed E-state index contributed by atoms with van der Waals surface area (Å²) >= 11 is 1.67. The second-order valence-electron chi connectivity index (χ2n) is 7.18. The maximum Gasteiger partial charge on any atom is 0.262 e. The molecule has 1 saturated heterocycles. The number of fused-ring (bicyclic) bond motifs is 3. The first-order chi connectivity index (χ1) is 11.1. The fourth-order valence-corrected chi connectivity index (χ4v) is 5.19. The zero-order valence-corrected chi connectivity index (χ0v) is 14.3. The van der Waals surface area contributed by atoms with Gasteiger partial charge >= 0.3 is 0 Å². The van der Waals surface area contributed by atoms with E-state index in [9.17, 15) is 9.90 Å². The summed E-state index contributed by atoms with van der Waals surface area (Å²) in [6.45, 7) is 4.21. The van der Waals surface area contributed by atoms with Crippen molar-refractivity contribution in [2.24, 2.45) is 5.92 Å². The molecule has 0 amide bonds. The Bertz CT molecular complexity index is 789. The Morgan fingerprint density at radius 2 is 2.26 bits per heavy atom. The van der Waals surface area contributed by atoms with Crippen LogP contribution in [0.4, 0.5) is 0 Å². The Kier molecular flexibility index (Phi) is 3.78. The first kappa shape index (κ1) is 15.3. The molecule has 4 rings (SSSR count). The lowest BCUT2D eigenvalue weighted by Crippen LogP contribution is -2.46. The van der Waals surface area contributed by atoms with Gasteiger partial charge in [-0.1, -0.05) is 6.92 Å². The number of nitrogens with one attached hydrogen (secondary N) is 1. The van der Waals surface area contributed by atoms with Crippen molar-refractivity contribution < 1.29 is 5.11 Å². The Labute approximate surface area is 139 Å². The van der Waals surface area contributed by atoms with Crippen LogP contribution in [0.25, 0.3) is 10.2 Å². The number of hydrogen-bond acceptors (Lipinski definition) is 5. The van der Waals surface area contributed by atoms with Crippen LogP contribution in [-0.4, -0.2) is 33.3 Å². The van der Waals surface area contributed by atoms with Crippen molar-refractivity contribution in [2.45, 2.75) is 51.2 Å². The van der Waals surface area contributed by atoms with E-state index in [1.54, 1.807) is 22.2 Å². The number of piperidine rings is 1. The standard InChI is InChI=1S/C17H23N3O2S/c1-11-2-3-12-13(8-11)23-15-14(12)16(21)20(10-19-15)9-17(22)4-6-18-7-5-17/h10-11,18,22H,2-9H2,1H3. The summed E-state index contributed by atoms with van der Waals surface area (Å²) in [6, 6.07) is 0. The predicted molar refractivity (Wildman–Crippen MR) is 92.1 cm³/mol. The van der Waals surface area contributed by atoms with Crippen LogP contribution >= 0.6 is 11.3 Å². The lowest BCUT2D eigenvalue weighted by Gasteiger charge is -2.32. The molecule has 6 heteroatoms. The average molecular weight is 333 g/mol. The second kappa shape index (κ2) is 5.69. The van der Waals surface area contributed by atoms with Gasteiger partial charge in [0.25, 0.3) is 5.56 Å². The minimum atomic E-state index is -0.797. The smallest absolute Gasteiger partial charge is 0.262 e. The van der Waals surface area contributed by atoms with Crippen LogP contribution in [0.3, 0.4) is 0 Å². The zero-order valence-electron chi connectivity index (χ0n) is 13.5. The number of aryl methyl sites for hydroxylation is 1. The lowest BCUT2D eigenvalue weighted by atomic mass is 9.89. The normalized spacial score (nSPS) is 23.8. The van der Waals surface area contributed by atoms with Crippen LogP contribution in [0, 0.1) is 5.92 Å². The maximum absolute atomic E-state index is 13.0. The maximum atomic E-state index is 13.0. The molecule has 5 nitrogen and oxygen atoms in total. The van der Waals surface area contributed by atoms with Crippen LogP contribution in [-0.2, 0) is 19.4 Å². The fourth-order valence-electron chi connectivity index (χ4n) is 3.85.